The molecule has 0 bridgehead atoms. The third kappa shape index (κ3) is 3.23. The molecule has 0 atom stereocenters. The zero-order chi connectivity index (χ0) is 15.4. The number of halogens is 2. The first-order chi connectivity index (χ1) is 10.8. The van der Waals surface area contributed by atoms with Gasteiger partial charge in [0.2, 0.25) is 0 Å². The molecule has 0 aliphatic rings. The van der Waals surface area contributed by atoms with Crippen molar-refractivity contribution in [2.75, 3.05) is 5.33 Å². The lowest BCUT2D eigenvalue weighted by Gasteiger charge is -2.14. The summed E-state index contributed by atoms with van der Waals surface area (Å²) >= 11 is 7.39. The molecule has 0 aliphatic heterocycles. The fourth-order valence-corrected chi connectivity index (χ4v) is 4.32. The molecule has 0 spiro atoms. The number of benzene rings is 3. The average Bonchev–Trinajstić information content (AvgIpc) is 2.57. The van der Waals surface area contributed by atoms with E-state index >= 15 is 0 Å². The molecule has 3 aromatic carbocycles. The van der Waals surface area contributed by atoms with Crippen LogP contribution in [0.3, 0.4) is 0 Å². The number of fused-ring (bicyclic) bond motifs is 3. The minimum Gasteiger partial charge on any atom is -0.0928 e. The molecule has 0 heterocycles. The second-order valence-electron chi connectivity index (χ2n) is 5.74. The van der Waals surface area contributed by atoms with Gasteiger partial charge in [0.1, 0.15) is 0 Å². The van der Waals surface area contributed by atoms with Crippen molar-refractivity contribution < 1.29 is 0 Å². The lowest BCUT2D eigenvalue weighted by atomic mass is 9.94. The van der Waals surface area contributed by atoms with Crippen LogP contribution in [0.1, 0.15) is 31.2 Å². The van der Waals surface area contributed by atoms with Gasteiger partial charge in [-0.1, -0.05) is 77.3 Å². The lowest BCUT2D eigenvalue weighted by molar-refractivity contribution is 0.672. The minimum absolute atomic E-state index is 1.12. The molecule has 3 aromatic rings. The summed E-state index contributed by atoms with van der Waals surface area (Å²) in [6, 6.07) is 17.5. The Morgan fingerprint density at radius 2 is 1.18 bits per heavy atom. The summed E-state index contributed by atoms with van der Waals surface area (Å²) in [5.41, 5.74) is 1.47. The maximum absolute atomic E-state index is 3.88. The number of unbranched alkanes of at least 4 members (excludes halogenated alkanes) is 3. The molecule has 0 aliphatic carbocycles. The summed E-state index contributed by atoms with van der Waals surface area (Å²) in [5.74, 6) is 0. The maximum Gasteiger partial charge on any atom is 0.0292 e. The van der Waals surface area contributed by atoms with Crippen molar-refractivity contribution >= 4 is 53.4 Å². The number of rotatable bonds is 6. The van der Waals surface area contributed by atoms with Crippen LogP contribution in [-0.4, -0.2) is 5.33 Å². The second kappa shape index (κ2) is 7.61. The molecule has 0 amide bonds. The summed E-state index contributed by atoms with van der Waals surface area (Å²) in [7, 11) is 0. The van der Waals surface area contributed by atoms with E-state index < -0.39 is 0 Å². The highest BCUT2D eigenvalue weighted by Crippen LogP contribution is 2.37. The molecule has 0 nitrogen and oxygen atoms in total. The fraction of sp³-hybridized carbons (Fsp3) is 0.300. The van der Waals surface area contributed by atoms with E-state index in [0.29, 0.717) is 0 Å². The normalized spacial score (nSPS) is 11.4. The van der Waals surface area contributed by atoms with Gasteiger partial charge in [-0.3, -0.25) is 0 Å². The van der Waals surface area contributed by atoms with Gasteiger partial charge in [0.05, 0.1) is 0 Å². The van der Waals surface area contributed by atoms with E-state index in [1.165, 1.54) is 57.3 Å². The number of hydrogen-bond donors (Lipinski definition) is 0. The molecule has 0 fully saturated rings. The Morgan fingerprint density at radius 3 is 1.86 bits per heavy atom. The first-order valence-corrected chi connectivity index (χ1v) is 9.88. The van der Waals surface area contributed by atoms with Gasteiger partial charge in [-0.15, -0.1) is 0 Å². The van der Waals surface area contributed by atoms with Crippen LogP contribution in [-0.2, 0) is 6.42 Å². The van der Waals surface area contributed by atoms with E-state index in [9.17, 15) is 0 Å². The monoisotopic (exact) mass is 418 g/mol. The van der Waals surface area contributed by atoms with E-state index in [2.05, 4.69) is 80.4 Å². The highest BCUT2D eigenvalue weighted by Gasteiger charge is 2.11. The van der Waals surface area contributed by atoms with Gasteiger partial charge in [0.15, 0.2) is 0 Å². The van der Waals surface area contributed by atoms with Gasteiger partial charge in [0.25, 0.3) is 0 Å². The highest BCUT2D eigenvalue weighted by atomic mass is 79.9. The molecule has 0 aromatic heterocycles. The quantitative estimate of drug-likeness (QED) is 0.224. The summed E-state index contributed by atoms with van der Waals surface area (Å²) in [5, 5.41) is 6.56. The fourth-order valence-electron chi connectivity index (χ4n) is 3.17. The van der Waals surface area contributed by atoms with Gasteiger partial charge < -0.3 is 0 Å². The third-order valence-corrected chi connectivity index (χ3v) is 5.75. The van der Waals surface area contributed by atoms with Crippen LogP contribution in [0.2, 0.25) is 0 Å². The largest absolute Gasteiger partial charge is 0.0928 e. The first-order valence-electron chi connectivity index (χ1n) is 7.96. The molecule has 114 valence electrons. The Bertz CT molecular complexity index is 777. The Kier molecular flexibility index (Phi) is 5.54. The second-order valence-corrected chi connectivity index (χ2v) is 7.32. The van der Waals surface area contributed by atoms with Crippen LogP contribution in [0.15, 0.2) is 53.0 Å². The van der Waals surface area contributed by atoms with Crippen LogP contribution < -0.4 is 0 Å². The third-order valence-electron chi connectivity index (χ3n) is 4.28. The highest BCUT2D eigenvalue weighted by molar-refractivity contribution is 9.10. The molecule has 0 saturated heterocycles. The van der Waals surface area contributed by atoms with E-state index in [0.717, 1.165) is 11.8 Å². The van der Waals surface area contributed by atoms with E-state index in [-0.39, 0.29) is 0 Å². The Hall–Kier alpha value is -0.860. The predicted octanol–water partition coefficient (Wildman–Crippen LogP) is 7.25. The van der Waals surface area contributed by atoms with Gasteiger partial charge >= 0.3 is 0 Å². The van der Waals surface area contributed by atoms with Crippen molar-refractivity contribution in [2.45, 2.75) is 32.1 Å². The summed E-state index contributed by atoms with van der Waals surface area (Å²) in [6.45, 7) is 0. The van der Waals surface area contributed by atoms with Crippen molar-refractivity contribution in [3.05, 3.63) is 58.6 Å². The molecular weight excluding hydrogens is 400 g/mol. The first kappa shape index (κ1) is 16.0. The van der Waals surface area contributed by atoms with Crippen molar-refractivity contribution in [1.29, 1.82) is 0 Å². The van der Waals surface area contributed by atoms with Crippen LogP contribution in [0.5, 0.6) is 0 Å². The Labute approximate surface area is 149 Å². The number of hydrogen-bond acceptors (Lipinski definition) is 0. The molecular formula is C20H20Br2. The number of alkyl halides is 1. The Balaban J connectivity index is 2.01. The summed E-state index contributed by atoms with van der Waals surface area (Å²) < 4.78 is 1.28. The number of aryl methyl sites for hydroxylation is 1. The van der Waals surface area contributed by atoms with Crippen LogP contribution in [0, 0.1) is 0 Å². The Morgan fingerprint density at radius 1 is 0.636 bits per heavy atom. The van der Waals surface area contributed by atoms with E-state index in [1.807, 2.05) is 0 Å². The molecule has 0 N–H and O–H groups in total. The zero-order valence-electron chi connectivity index (χ0n) is 12.6. The minimum atomic E-state index is 1.12. The molecule has 22 heavy (non-hydrogen) atoms. The molecule has 3 rings (SSSR count). The lowest BCUT2D eigenvalue weighted by Crippen LogP contribution is -1.93. The van der Waals surface area contributed by atoms with Crippen LogP contribution in [0.25, 0.3) is 21.5 Å². The zero-order valence-corrected chi connectivity index (χ0v) is 15.8. The average molecular weight is 420 g/mol. The molecule has 2 heteroatoms. The van der Waals surface area contributed by atoms with Crippen molar-refractivity contribution in [3.63, 3.8) is 0 Å². The van der Waals surface area contributed by atoms with Crippen LogP contribution in [0.4, 0.5) is 0 Å². The SMILES string of the molecule is BrCCCCCCc1c(Br)c2ccccc2c2ccccc12. The predicted molar refractivity (Wildman–Crippen MR) is 105 cm³/mol. The molecule has 0 unspecified atom stereocenters. The topological polar surface area (TPSA) is 0 Å². The van der Waals surface area contributed by atoms with Gasteiger partial charge in [-0.05, 0) is 62.3 Å². The van der Waals surface area contributed by atoms with Crippen molar-refractivity contribution in [3.8, 4) is 0 Å². The molecule has 0 radical (unpaired) electrons. The van der Waals surface area contributed by atoms with E-state index in [4.69, 9.17) is 0 Å². The summed E-state index contributed by atoms with van der Waals surface area (Å²) in [6.07, 6.45) is 6.30. The standard InChI is InChI=1S/C20H20Br2/c21-14-8-2-1-3-12-18-16-10-5-4-9-15(16)17-11-6-7-13-19(17)20(18)22/h4-7,9-11,13H,1-3,8,12,14H2. The van der Waals surface area contributed by atoms with Crippen molar-refractivity contribution in [2.24, 2.45) is 0 Å². The smallest absolute Gasteiger partial charge is 0.0292 e. The van der Waals surface area contributed by atoms with Gasteiger partial charge in [-0.2, -0.15) is 0 Å². The van der Waals surface area contributed by atoms with Gasteiger partial charge in [0, 0.05) is 9.80 Å². The van der Waals surface area contributed by atoms with E-state index in [1.54, 1.807) is 0 Å². The van der Waals surface area contributed by atoms with Crippen LogP contribution >= 0.6 is 31.9 Å². The summed E-state index contributed by atoms with van der Waals surface area (Å²) in [4.78, 5) is 0. The maximum atomic E-state index is 3.88. The molecule has 0 saturated carbocycles. The van der Waals surface area contributed by atoms with Gasteiger partial charge in [-0.25, -0.2) is 0 Å². The van der Waals surface area contributed by atoms with Crippen molar-refractivity contribution in [1.82, 2.24) is 0 Å².